The van der Waals surface area contributed by atoms with E-state index < -0.39 is 29.9 Å². The predicted molar refractivity (Wildman–Crippen MR) is 129 cm³/mol. The van der Waals surface area contributed by atoms with E-state index in [1.54, 1.807) is 37.5 Å². The number of hydrogen-bond acceptors (Lipinski definition) is 10. The molecule has 0 aromatic heterocycles. The molecule has 1 unspecified atom stereocenters. The Morgan fingerprint density at radius 1 is 0.829 bits per heavy atom. The number of ether oxygens (including phenoxy) is 4. The Balaban J connectivity index is 3.84. The Hall–Kier alpha value is -3.04. The second-order valence-electron chi connectivity index (χ2n) is 7.74. The van der Waals surface area contributed by atoms with Gasteiger partial charge in [0, 0.05) is 6.54 Å². The normalized spacial score (nSPS) is 16.2. The number of rotatable bonds is 14. The van der Waals surface area contributed by atoms with Gasteiger partial charge in [-0.1, -0.05) is 26.7 Å². The van der Waals surface area contributed by atoms with Crippen molar-refractivity contribution in [3.63, 3.8) is 0 Å². The summed E-state index contributed by atoms with van der Waals surface area (Å²) in [6, 6.07) is -0.721. The molecule has 1 aliphatic rings. The van der Waals surface area contributed by atoms with Crippen molar-refractivity contribution >= 4 is 23.9 Å². The zero-order valence-electron chi connectivity index (χ0n) is 21.9. The summed E-state index contributed by atoms with van der Waals surface area (Å²) in [4.78, 5) is 55.0. The molecule has 0 saturated carbocycles. The van der Waals surface area contributed by atoms with E-state index in [0.29, 0.717) is 19.4 Å². The summed E-state index contributed by atoms with van der Waals surface area (Å²) in [5.74, 6) is -2.72. The molecule has 0 N–H and O–H groups in total. The van der Waals surface area contributed by atoms with Crippen molar-refractivity contribution in [2.75, 3.05) is 39.6 Å². The highest BCUT2D eigenvalue weighted by atomic mass is 16.5. The number of esters is 4. The summed E-state index contributed by atoms with van der Waals surface area (Å²) < 4.78 is 20.9. The van der Waals surface area contributed by atoms with Crippen LogP contribution in [0.4, 0.5) is 0 Å². The van der Waals surface area contributed by atoms with E-state index in [-0.39, 0.29) is 50.1 Å². The average molecular weight is 497 g/mol. The maximum Gasteiger partial charge on any atom is 0.355 e. The molecule has 1 rings (SSSR count). The van der Waals surface area contributed by atoms with Gasteiger partial charge in [0.2, 0.25) is 0 Å². The van der Waals surface area contributed by atoms with Crippen molar-refractivity contribution in [2.24, 2.45) is 0 Å². The molecule has 10 heteroatoms. The van der Waals surface area contributed by atoms with Crippen molar-refractivity contribution < 1.29 is 38.1 Å². The fraction of sp³-hybridized carbons (Fsp3) is 0.680. The van der Waals surface area contributed by atoms with Crippen LogP contribution in [0.25, 0.3) is 0 Å². The van der Waals surface area contributed by atoms with Crippen LogP contribution in [0.5, 0.6) is 0 Å². The summed E-state index contributed by atoms with van der Waals surface area (Å²) in [6.07, 6.45) is 3.69. The van der Waals surface area contributed by atoms with Gasteiger partial charge in [0.1, 0.15) is 11.4 Å². The lowest BCUT2D eigenvalue weighted by Gasteiger charge is -2.45. The molecular formula is C25H40N2O8. The summed E-state index contributed by atoms with van der Waals surface area (Å²) in [6.45, 7) is 11.6. The second kappa shape index (κ2) is 15.8. The molecule has 0 aliphatic carbocycles. The number of carbonyl (C=O) groups excluding carboxylic acids is 4. The molecule has 10 nitrogen and oxygen atoms in total. The van der Waals surface area contributed by atoms with Gasteiger partial charge in [-0.3, -0.25) is 0 Å². The lowest BCUT2D eigenvalue weighted by Crippen LogP contribution is -2.54. The second-order valence-corrected chi connectivity index (χ2v) is 7.74. The van der Waals surface area contributed by atoms with Gasteiger partial charge in [0.25, 0.3) is 0 Å². The molecule has 0 saturated heterocycles. The first-order chi connectivity index (χ1) is 16.8. The molecule has 0 aromatic carbocycles. The van der Waals surface area contributed by atoms with Crippen LogP contribution < -0.4 is 0 Å². The van der Waals surface area contributed by atoms with Crippen LogP contribution in [0, 0.1) is 0 Å². The van der Waals surface area contributed by atoms with Crippen LogP contribution >= 0.6 is 0 Å². The highest BCUT2D eigenvalue weighted by Gasteiger charge is 2.43. The molecule has 1 aliphatic heterocycles. The third kappa shape index (κ3) is 8.29. The smallest absolute Gasteiger partial charge is 0.355 e. The van der Waals surface area contributed by atoms with Crippen LogP contribution in [-0.4, -0.2) is 79.4 Å². The van der Waals surface area contributed by atoms with Gasteiger partial charge in [0.15, 0.2) is 0 Å². The minimum absolute atomic E-state index is 0.0463. The molecule has 35 heavy (non-hydrogen) atoms. The number of nitrogens with zero attached hydrogens (tertiary/aromatic N) is 2. The highest BCUT2D eigenvalue weighted by molar-refractivity contribution is 6.02. The minimum atomic E-state index is -0.722. The van der Waals surface area contributed by atoms with E-state index in [1.807, 2.05) is 13.8 Å². The van der Waals surface area contributed by atoms with Crippen LogP contribution in [0.15, 0.2) is 23.0 Å². The molecule has 0 fully saturated rings. The van der Waals surface area contributed by atoms with E-state index in [0.717, 1.165) is 18.9 Å². The van der Waals surface area contributed by atoms with Crippen LogP contribution in [0.3, 0.4) is 0 Å². The summed E-state index contributed by atoms with van der Waals surface area (Å²) in [5.41, 5.74) is 0.191. The molecule has 0 spiro atoms. The fourth-order valence-corrected chi connectivity index (χ4v) is 3.83. The van der Waals surface area contributed by atoms with Crippen molar-refractivity contribution in [3.8, 4) is 0 Å². The monoisotopic (exact) mass is 496 g/mol. The Labute approximate surface area is 208 Å². The maximum atomic E-state index is 13.2. The first-order valence-corrected chi connectivity index (χ1v) is 12.5. The van der Waals surface area contributed by atoms with Gasteiger partial charge in [-0.2, -0.15) is 0 Å². The zero-order valence-corrected chi connectivity index (χ0v) is 21.9. The standard InChI is InChI=1S/C25H40N2O8/c1-7-13-15-26-17-27(19(23(29)33-10-4)16-20(28)32-9-3)18(14-8-2)21(24(30)34-11-5)22(26)25(31)35-12-6/h16,18H,7-15,17H2,1-6H3/b19-16-. The molecule has 0 aromatic rings. The number of hydrogen-bond donors (Lipinski definition) is 0. The fourth-order valence-electron chi connectivity index (χ4n) is 3.83. The van der Waals surface area contributed by atoms with E-state index in [4.69, 9.17) is 18.9 Å². The van der Waals surface area contributed by atoms with Crippen molar-refractivity contribution in [1.82, 2.24) is 9.80 Å². The molecule has 1 atom stereocenters. The quantitative estimate of drug-likeness (QED) is 0.202. The number of carbonyl (C=O) groups is 4. The third-order valence-electron chi connectivity index (χ3n) is 5.25. The van der Waals surface area contributed by atoms with Crippen LogP contribution in [0.2, 0.25) is 0 Å². The first kappa shape index (κ1) is 30.0. The van der Waals surface area contributed by atoms with Crippen LogP contribution in [0.1, 0.15) is 67.2 Å². The molecule has 1 heterocycles. The Kier molecular flexibility index (Phi) is 13.5. The van der Waals surface area contributed by atoms with E-state index >= 15 is 0 Å². The van der Waals surface area contributed by atoms with Gasteiger partial charge >= 0.3 is 23.9 Å². The Morgan fingerprint density at radius 3 is 1.97 bits per heavy atom. The first-order valence-electron chi connectivity index (χ1n) is 12.5. The SMILES string of the molecule is CCCCN1CN(/C(=C\C(=O)OCC)C(=O)OCC)C(CCC)C(C(=O)OCC)=C1C(=O)OCC. The molecule has 0 amide bonds. The van der Waals surface area contributed by atoms with Gasteiger partial charge < -0.3 is 28.7 Å². The van der Waals surface area contributed by atoms with Gasteiger partial charge in [-0.05, 0) is 40.5 Å². The van der Waals surface area contributed by atoms with E-state index in [2.05, 4.69) is 0 Å². The Morgan fingerprint density at radius 2 is 1.43 bits per heavy atom. The van der Waals surface area contributed by atoms with Gasteiger partial charge in [-0.15, -0.1) is 0 Å². The van der Waals surface area contributed by atoms with E-state index in [1.165, 1.54) is 0 Å². The van der Waals surface area contributed by atoms with Crippen LogP contribution in [-0.2, 0) is 38.1 Å². The third-order valence-corrected chi connectivity index (χ3v) is 5.25. The van der Waals surface area contributed by atoms with Gasteiger partial charge in [0.05, 0.1) is 50.8 Å². The Bertz CT molecular complexity index is 805. The largest absolute Gasteiger partial charge is 0.463 e. The topological polar surface area (TPSA) is 112 Å². The van der Waals surface area contributed by atoms with Crippen molar-refractivity contribution in [3.05, 3.63) is 23.0 Å². The summed E-state index contributed by atoms with van der Waals surface area (Å²) in [5, 5.41) is 0. The minimum Gasteiger partial charge on any atom is -0.463 e. The van der Waals surface area contributed by atoms with Gasteiger partial charge in [-0.25, -0.2) is 19.2 Å². The molecule has 198 valence electrons. The average Bonchev–Trinajstić information content (AvgIpc) is 2.82. The summed E-state index contributed by atoms with van der Waals surface area (Å²) in [7, 11) is 0. The highest BCUT2D eigenvalue weighted by Crippen LogP contribution is 2.33. The maximum absolute atomic E-state index is 13.2. The molecule has 0 radical (unpaired) electrons. The molecule has 0 bridgehead atoms. The lowest BCUT2D eigenvalue weighted by atomic mass is 9.94. The zero-order chi connectivity index (χ0) is 26.4. The number of unbranched alkanes of at least 4 members (excludes halogenated alkanes) is 1. The van der Waals surface area contributed by atoms with Crippen molar-refractivity contribution in [1.29, 1.82) is 0 Å². The van der Waals surface area contributed by atoms with Crippen molar-refractivity contribution in [2.45, 2.75) is 73.3 Å². The predicted octanol–water partition coefficient (Wildman–Crippen LogP) is 2.92. The molecular weight excluding hydrogens is 456 g/mol. The lowest BCUT2D eigenvalue weighted by molar-refractivity contribution is -0.147. The van der Waals surface area contributed by atoms with E-state index in [9.17, 15) is 19.2 Å². The summed E-state index contributed by atoms with van der Waals surface area (Å²) >= 11 is 0.